The van der Waals surface area contributed by atoms with E-state index in [2.05, 4.69) is 5.32 Å². The first-order valence-electron chi connectivity index (χ1n) is 6.01. The van der Waals surface area contributed by atoms with Gasteiger partial charge < -0.3 is 15.4 Å². The summed E-state index contributed by atoms with van der Waals surface area (Å²) in [5.41, 5.74) is 2.17. The largest absolute Gasteiger partial charge is 0.488 e. The predicted octanol–water partition coefficient (Wildman–Crippen LogP) is 1.58. The molecule has 0 aromatic heterocycles. The molecule has 102 valence electrons. The molecule has 0 bridgehead atoms. The number of aryl methyl sites for hydroxylation is 1. The number of hydrogen-bond acceptors (Lipinski definition) is 3. The van der Waals surface area contributed by atoms with Gasteiger partial charge in [-0.25, -0.2) is 0 Å². The second-order valence-electron chi connectivity index (χ2n) is 4.38. The van der Waals surface area contributed by atoms with E-state index in [1.54, 1.807) is 6.07 Å². The molecule has 2 aromatic rings. The maximum Gasteiger partial charge on any atom is 0.488 e. The molecule has 0 saturated carbocycles. The lowest BCUT2D eigenvalue weighted by molar-refractivity contribution is 0.102. The Morgan fingerprint density at radius 3 is 2.50 bits per heavy atom. The molecule has 0 atom stereocenters. The number of carbonyl (C=O) groups is 1. The van der Waals surface area contributed by atoms with Gasteiger partial charge in [0.2, 0.25) is 0 Å². The van der Waals surface area contributed by atoms with Crippen molar-refractivity contribution in [3.05, 3.63) is 58.6 Å². The maximum atomic E-state index is 12.1. The molecule has 2 rings (SSSR count). The van der Waals surface area contributed by atoms with Gasteiger partial charge in [-0.2, -0.15) is 0 Å². The van der Waals surface area contributed by atoms with Gasteiger partial charge in [-0.15, -0.1) is 0 Å². The number of hydrogen-bond donors (Lipinski definition) is 3. The summed E-state index contributed by atoms with van der Waals surface area (Å²) in [6.07, 6.45) is 0. The molecule has 0 aliphatic carbocycles. The van der Waals surface area contributed by atoms with Crippen LogP contribution in [0.3, 0.4) is 0 Å². The highest BCUT2D eigenvalue weighted by atomic mass is 35.5. The molecule has 1 amide bonds. The summed E-state index contributed by atoms with van der Waals surface area (Å²) in [7, 11) is -1.61. The molecule has 0 aliphatic rings. The van der Waals surface area contributed by atoms with Crippen molar-refractivity contribution in [1.29, 1.82) is 0 Å². The van der Waals surface area contributed by atoms with Crippen molar-refractivity contribution in [3.63, 3.8) is 0 Å². The Morgan fingerprint density at radius 1 is 1.20 bits per heavy atom. The lowest BCUT2D eigenvalue weighted by atomic mass is 9.80. The Labute approximate surface area is 122 Å². The molecule has 0 radical (unpaired) electrons. The van der Waals surface area contributed by atoms with Gasteiger partial charge in [0.05, 0.1) is 10.6 Å². The second kappa shape index (κ2) is 6.09. The number of para-hydroxylation sites is 1. The van der Waals surface area contributed by atoms with Crippen LogP contribution < -0.4 is 10.8 Å². The van der Waals surface area contributed by atoms with Gasteiger partial charge in [-0.3, -0.25) is 4.79 Å². The van der Waals surface area contributed by atoms with E-state index in [0.29, 0.717) is 5.69 Å². The van der Waals surface area contributed by atoms with Crippen LogP contribution in [0.1, 0.15) is 15.9 Å². The average Bonchev–Trinajstić information content (AvgIpc) is 2.41. The number of carbonyl (C=O) groups excluding carboxylic acids is 1. The van der Waals surface area contributed by atoms with Gasteiger partial charge in [0, 0.05) is 5.69 Å². The zero-order valence-electron chi connectivity index (χ0n) is 10.8. The SMILES string of the molecule is Cc1ccccc1NC(=O)c1ccc(B(O)O)cc1Cl. The molecule has 0 heterocycles. The fourth-order valence-corrected chi connectivity index (χ4v) is 2.05. The van der Waals surface area contributed by atoms with Crippen LogP contribution in [0, 0.1) is 6.92 Å². The van der Waals surface area contributed by atoms with Crippen LogP contribution in [-0.4, -0.2) is 23.1 Å². The lowest BCUT2D eigenvalue weighted by Crippen LogP contribution is -2.30. The minimum absolute atomic E-state index is 0.168. The van der Waals surface area contributed by atoms with Crippen LogP contribution in [0.4, 0.5) is 5.69 Å². The van der Waals surface area contributed by atoms with Crippen molar-refractivity contribution in [1.82, 2.24) is 0 Å². The highest BCUT2D eigenvalue weighted by Gasteiger charge is 2.16. The number of amides is 1. The standard InChI is InChI=1S/C14H13BClNO3/c1-9-4-2-3-5-13(9)17-14(18)11-7-6-10(15(19)20)8-12(11)16/h2-8,19-20H,1H3,(H,17,18). The minimum atomic E-state index is -1.61. The first kappa shape index (κ1) is 14.6. The smallest absolute Gasteiger partial charge is 0.423 e. The molecule has 0 fully saturated rings. The third-order valence-corrected chi connectivity index (χ3v) is 3.24. The van der Waals surface area contributed by atoms with Gasteiger partial charge in [0.1, 0.15) is 0 Å². The molecule has 4 nitrogen and oxygen atoms in total. The van der Waals surface area contributed by atoms with E-state index >= 15 is 0 Å². The van der Waals surface area contributed by atoms with Crippen LogP contribution in [0.15, 0.2) is 42.5 Å². The predicted molar refractivity (Wildman–Crippen MR) is 80.4 cm³/mol. The van der Waals surface area contributed by atoms with E-state index in [4.69, 9.17) is 21.6 Å². The number of rotatable bonds is 3. The van der Waals surface area contributed by atoms with E-state index in [1.165, 1.54) is 18.2 Å². The maximum absolute atomic E-state index is 12.1. The summed E-state index contributed by atoms with van der Waals surface area (Å²) in [4.78, 5) is 12.1. The van der Waals surface area contributed by atoms with Crippen molar-refractivity contribution in [2.45, 2.75) is 6.92 Å². The van der Waals surface area contributed by atoms with Crippen LogP contribution in [0.25, 0.3) is 0 Å². The van der Waals surface area contributed by atoms with E-state index in [9.17, 15) is 4.79 Å². The van der Waals surface area contributed by atoms with Gasteiger partial charge in [0.25, 0.3) is 5.91 Å². The topological polar surface area (TPSA) is 69.6 Å². The Morgan fingerprint density at radius 2 is 1.90 bits per heavy atom. The normalized spacial score (nSPS) is 10.2. The molecule has 0 spiro atoms. The van der Waals surface area contributed by atoms with E-state index in [-0.39, 0.29) is 22.0 Å². The molecule has 2 aromatic carbocycles. The summed E-state index contributed by atoms with van der Waals surface area (Å²) in [5, 5.41) is 21.0. The van der Waals surface area contributed by atoms with Crippen LogP contribution in [-0.2, 0) is 0 Å². The quantitative estimate of drug-likeness (QED) is 0.751. The first-order chi connectivity index (χ1) is 9.49. The molecule has 20 heavy (non-hydrogen) atoms. The molecular weight excluding hydrogens is 276 g/mol. The Kier molecular flexibility index (Phi) is 4.44. The van der Waals surface area contributed by atoms with Crippen LogP contribution >= 0.6 is 11.6 Å². The van der Waals surface area contributed by atoms with Crippen molar-refractivity contribution < 1.29 is 14.8 Å². The van der Waals surface area contributed by atoms with Gasteiger partial charge in [-0.05, 0) is 36.1 Å². The van der Waals surface area contributed by atoms with Crippen molar-refractivity contribution in [2.75, 3.05) is 5.32 Å². The van der Waals surface area contributed by atoms with Crippen molar-refractivity contribution in [2.24, 2.45) is 0 Å². The van der Waals surface area contributed by atoms with Crippen LogP contribution in [0.5, 0.6) is 0 Å². The van der Waals surface area contributed by atoms with Crippen molar-refractivity contribution >= 4 is 35.8 Å². The first-order valence-corrected chi connectivity index (χ1v) is 6.39. The Balaban J connectivity index is 2.24. The second-order valence-corrected chi connectivity index (χ2v) is 4.79. The monoisotopic (exact) mass is 289 g/mol. The lowest BCUT2D eigenvalue weighted by Gasteiger charge is -2.10. The summed E-state index contributed by atoms with van der Waals surface area (Å²) in [6.45, 7) is 1.89. The van der Waals surface area contributed by atoms with Gasteiger partial charge in [0.15, 0.2) is 0 Å². The van der Waals surface area contributed by atoms with Gasteiger partial charge >= 0.3 is 7.12 Å². The Bertz CT molecular complexity index is 646. The average molecular weight is 290 g/mol. The number of nitrogens with one attached hydrogen (secondary N) is 1. The van der Waals surface area contributed by atoms with E-state index in [0.717, 1.165) is 5.56 Å². The summed E-state index contributed by atoms with van der Waals surface area (Å²) >= 11 is 5.99. The molecule has 0 saturated heterocycles. The number of halogens is 1. The third kappa shape index (κ3) is 3.19. The molecular formula is C14H13BClNO3. The number of benzene rings is 2. The fourth-order valence-electron chi connectivity index (χ4n) is 1.78. The number of anilines is 1. The highest BCUT2D eigenvalue weighted by molar-refractivity contribution is 6.59. The highest BCUT2D eigenvalue weighted by Crippen LogP contribution is 2.18. The zero-order chi connectivity index (χ0) is 14.7. The summed E-state index contributed by atoms with van der Waals surface area (Å²) in [5.74, 6) is -0.344. The molecule has 3 N–H and O–H groups in total. The van der Waals surface area contributed by atoms with E-state index < -0.39 is 7.12 Å². The third-order valence-electron chi connectivity index (χ3n) is 2.93. The van der Waals surface area contributed by atoms with Crippen molar-refractivity contribution in [3.8, 4) is 0 Å². The summed E-state index contributed by atoms with van der Waals surface area (Å²) in [6, 6.07) is 11.7. The zero-order valence-corrected chi connectivity index (χ0v) is 11.6. The molecule has 0 unspecified atom stereocenters. The molecule has 0 aliphatic heterocycles. The van der Waals surface area contributed by atoms with Gasteiger partial charge in [-0.1, -0.05) is 35.9 Å². The van der Waals surface area contributed by atoms with E-state index in [1.807, 2.05) is 25.1 Å². The Hall–Kier alpha value is -1.82. The fraction of sp³-hybridized carbons (Fsp3) is 0.0714. The van der Waals surface area contributed by atoms with Crippen LogP contribution in [0.2, 0.25) is 5.02 Å². The molecule has 6 heteroatoms. The summed E-state index contributed by atoms with van der Waals surface area (Å²) < 4.78 is 0. The minimum Gasteiger partial charge on any atom is -0.423 e.